The number of rotatable bonds is 5. The van der Waals surface area contributed by atoms with Crippen molar-refractivity contribution >= 4 is 17.8 Å². The van der Waals surface area contributed by atoms with Gasteiger partial charge in [0.15, 0.2) is 11.5 Å². The predicted octanol–water partition coefficient (Wildman–Crippen LogP) is 2.19. The summed E-state index contributed by atoms with van der Waals surface area (Å²) in [6, 6.07) is 1.94. The van der Waals surface area contributed by atoms with E-state index in [0.29, 0.717) is 30.6 Å². The quantitative estimate of drug-likeness (QED) is 0.719. The molecule has 11 heteroatoms. The van der Waals surface area contributed by atoms with E-state index < -0.39 is 35.7 Å². The summed E-state index contributed by atoms with van der Waals surface area (Å²) in [6.07, 6.45) is -2.98. The molecule has 2 fully saturated rings. The lowest BCUT2D eigenvalue weighted by Crippen LogP contribution is -2.69. The number of hydrogen-bond donors (Lipinski definition) is 2. The third kappa shape index (κ3) is 3.45. The van der Waals surface area contributed by atoms with Gasteiger partial charge >= 0.3 is 12.2 Å². The summed E-state index contributed by atoms with van der Waals surface area (Å²) in [5.74, 6) is -2.34. The van der Waals surface area contributed by atoms with Crippen molar-refractivity contribution in [2.24, 2.45) is 0 Å². The fraction of sp³-hybridized carbons (Fsp3) is 0.500. The Labute approximate surface area is 164 Å². The van der Waals surface area contributed by atoms with Crippen LogP contribution >= 0.6 is 0 Å². The van der Waals surface area contributed by atoms with Gasteiger partial charge in [-0.1, -0.05) is 12.8 Å². The number of carbonyl (C=O) groups is 3. The van der Waals surface area contributed by atoms with E-state index in [-0.39, 0.29) is 17.1 Å². The van der Waals surface area contributed by atoms with Gasteiger partial charge in [-0.3, -0.25) is 19.8 Å². The molecule has 2 aliphatic rings. The summed E-state index contributed by atoms with van der Waals surface area (Å²) in [4.78, 5) is 38.1. The molecule has 0 bridgehead atoms. The van der Waals surface area contributed by atoms with E-state index in [4.69, 9.17) is 9.47 Å². The Bertz CT molecular complexity index is 839. The van der Waals surface area contributed by atoms with Crippen LogP contribution in [-0.2, 0) is 4.79 Å². The molecule has 1 aromatic carbocycles. The Hall–Kier alpha value is -2.98. The zero-order valence-corrected chi connectivity index (χ0v) is 15.8. The Balaban J connectivity index is 1.93. The average Bonchev–Trinajstić information content (AvgIpc) is 3.27. The molecular formula is C18H20F3N3O5. The van der Waals surface area contributed by atoms with Crippen LogP contribution in [0.25, 0.3) is 0 Å². The second kappa shape index (κ2) is 7.45. The summed E-state index contributed by atoms with van der Waals surface area (Å²) in [6.45, 7) is 0. The lowest BCUT2D eigenvalue weighted by Gasteiger charge is -2.30. The summed E-state index contributed by atoms with van der Waals surface area (Å²) < 4.78 is 51.8. The summed E-state index contributed by atoms with van der Waals surface area (Å²) in [5.41, 5.74) is -3.73. The van der Waals surface area contributed by atoms with E-state index in [2.05, 4.69) is 0 Å². The van der Waals surface area contributed by atoms with Crippen LogP contribution in [0.15, 0.2) is 18.2 Å². The number of carbonyl (C=O) groups excluding carboxylic acids is 3. The van der Waals surface area contributed by atoms with Crippen molar-refractivity contribution in [3.05, 3.63) is 23.8 Å². The van der Waals surface area contributed by atoms with Crippen molar-refractivity contribution in [2.75, 3.05) is 14.2 Å². The summed E-state index contributed by atoms with van der Waals surface area (Å²) in [7, 11) is 2.66. The van der Waals surface area contributed by atoms with Crippen molar-refractivity contribution in [3.8, 4) is 11.5 Å². The molecule has 0 radical (unpaired) electrons. The second-order valence-electron chi connectivity index (χ2n) is 6.82. The minimum atomic E-state index is -5.25. The van der Waals surface area contributed by atoms with Gasteiger partial charge < -0.3 is 14.8 Å². The number of nitrogens with zero attached hydrogens (tertiary/aromatic N) is 1. The molecule has 1 aliphatic carbocycles. The van der Waals surface area contributed by atoms with Gasteiger partial charge in [0.25, 0.3) is 17.5 Å². The third-order valence-electron chi connectivity index (χ3n) is 5.11. The van der Waals surface area contributed by atoms with Crippen LogP contribution in [0.4, 0.5) is 18.0 Å². The number of halogens is 3. The Morgan fingerprint density at radius 1 is 1.17 bits per heavy atom. The Morgan fingerprint density at radius 2 is 1.79 bits per heavy atom. The molecule has 3 rings (SSSR count). The lowest BCUT2D eigenvalue weighted by atomic mass is 10.1. The molecule has 1 aliphatic heterocycles. The first-order chi connectivity index (χ1) is 13.6. The van der Waals surface area contributed by atoms with Crippen LogP contribution in [0.2, 0.25) is 0 Å². The first-order valence-electron chi connectivity index (χ1n) is 8.91. The maximum Gasteiger partial charge on any atom is 0.440 e. The minimum absolute atomic E-state index is 0.121. The molecule has 1 saturated carbocycles. The van der Waals surface area contributed by atoms with E-state index in [9.17, 15) is 27.6 Å². The number of urea groups is 1. The van der Waals surface area contributed by atoms with Gasteiger partial charge in [-0.15, -0.1) is 0 Å². The molecule has 4 amide bonds. The highest BCUT2D eigenvalue weighted by atomic mass is 19.4. The van der Waals surface area contributed by atoms with E-state index in [1.165, 1.54) is 32.4 Å². The van der Waals surface area contributed by atoms with Crippen LogP contribution in [0, 0.1) is 0 Å². The van der Waals surface area contributed by atoms with Gasteiger partial charge in [0.2, 0.25) is 0 Å². The fourth-order valence-electron chi connectivity index (χ4n) is 3.61. The summed E-state index contributed by atoms with van der Waals surface area (Å²) in [5, 5.41) is 3.35. The standard InChI is InChI=1S/C18H20F3N3O5/c1-28-12-8-7-10(9-13(12)29-2)14(25)22-17(18(19,20)21)15(26)24(16(27)23-17)11-5-3-4-6-11/h7-9,11H,3-6H2,1-2H3,(H,22,25)(H,23,27)/t17-/m0/s1. The monoisotopic (exact) mass is 415 g/mol. The fourth-order valence-corrected chi connectivity index (χ4v) is 3.61. The van der Waals surface area contributed by atoms with Gasteiger partial charge in [-0.25, -0.2) is 4.79 Å². The number of alkyl halides is 3. The van der Waals surface area contributed by atoms with E-state index in [1.54, 1.807) is 10.6 Å². The molecular weight excluding hydrogens is 395 g/mol. The van der Waals surface area contributed by atoms with Crippen LogP contribution in [0.5, 0.6) is 11.5 Å². The molecule has 158 valence electrons. The smallest absolute Gasteiger partial charge is 0.440 e. The number of ether oxygens (including phenoxy) is 2. The number of imide groups is 1. The Morgan fingerprint density at radius 3 is 2.34 bits per heavy atom. The molecule has 0 unspecified atom stereocenters. The van der Waals surface area contributed by atoms with Crippen LogP contribution in [0.3, 0.4) is 0 Å². The number of hydrogen-bond acceptors (Lipinski definition) is 5. The topological polar surface area (TPSA) is 97.0 Å². The molecule has 2 N–H and O–H groups in total. The molecule has 8 nitrogen and oxygen atoms in total. The molecule has 0 spiro atoms. The van der Waals surface area contributed by atoms with Crippen molar-refractivity contribution < 1.29 is 37.0 Å². The van der Waals surface area contributed by atoms with Gasteiger partial charge in [0.1, 0.15) is 0 Å². The maximum atomic E-state index is 13.9. The largest absolute Gasteiger partial charge is 0.493 e. The molecule has 1 saturated heterocycles. The van der Waals surface area contributed by atoms with Crippen molar-refractivity contribution in [1.29, 1.82) is 0 Å². The first-order valence-corrected chi connectivity index (χ1v) is 8.91. The number of benzene rings is 1. The molecule has 1 heterocycles. The minimum Gasteiger partial charge on any atom is -0.493 e. The highest BCUT2D eigenvalue weighted by molar-refractivity contribution is 6.10. The van der Waals surface area contributed by atoms with Gasteiger partial charge in [-0.2, -0.15) is 13.2 Å². The SMILES string of the molecule is COc1ccc(C(=O)N[C@]2(C(F)(F)F)NC(=O)N(C3CCCC3)C2=O)cc1OC. The van der Waals surface area contributed by atoms with Crippen LogP contribution in [-0.4, -0.2) is 54.8 Å². The van der Waals surface area contributed by atoms with Crippen molar-refractivity contribution in [1.82, 2.24) is 15.5 Å². The average molecular weight is 415 g/mol. The van der Waals surface area contributed by atoms with E-state index in [1.807, 2.05) is 0 Å². The van der Waals surface area contributed by atoms with Crippen LogP contribution < -0.4 is 20.1 Å². The van der Waals surface area contributed by atoms with Gasteiger partial charge in [0.05, 0.1) is 14.2 Å². The Kier molecular flexibility index (Phi) is 5.33. The highest BCUT2D eigenvalue weighted by Crippen LogP contribution is 2.37. The highest BCUT2D eigenvalue weighted by Gasteiger charge is 2.69. The molecule has 1 atom stereocenters. The second-order valence-corrected chi connectivity index (χ2v) is 6.82. The normalized spacial score (nSPS) is 22.6. The third-order valence-corrected chi connectivity index (χ3v) is 5.11. The number of nitrogens with one attached hydrogen (secondary N) is 2. The van der Waals surface area contributed by atoms with E-state index >= 15 is 0 Å². The van der Waals surface area contributed by atoms with Crippen molar-refractivity contribution in [3.63, 3.8) is 0 Å². The molecule has 29 heavy (non-hydrogen) atoms. The molecule has 0 aromatic heterocycles. The lowest BCUT2D eigenvalue weighted by molar-refractivity contribution is -0.200. The zero-order chi connectivity index (χ0) is 21.4. The zero-order valence-electron chi connectivity index (χ0n) is 15.8. The molecule has 1 aromatic rings. The van der Waals surface area contributed by atoms with Gasteiger partial charge in [0, 0.05) is 11.6 Å². The maximum absolute atomic E-state index is 13.9. The van der Waals surface area contributed by atoms with Crippen molar-refractivity contribution in [2.45, 2.75) is 43.6 Å². The number of methoxy groups -OCH3 is 2. The first kappa shape index (κ1) is 20.7. The van der Waals surface area contributed by atoms with E-state index in [0.717, 1.165) is 0 Å². The number of amides is 4. The summed E-state index contributed by atoms with van der Waals surface area (Å²) >= 11 is 0. The van der Waals surface area contributed by atoms with Gasteiger partial charge in [-0.05, 0) is 31.0 Å². The predicted molar refractivity (Wildman–Crippen MR) is 93.4 cm³/mol. The van der Waals surface area contributed by atoms with Crippen LogP contribution in [0.1, 0.15) is 36.0 Å².